The fourth-order valence-corrected chi connectivity index (χ4v) is 0.713. The number of hydrogen-bond donors (Lipinski definition) is 1. The number of amides is 1. The molecule has 0 unspecified atom stereocenters. The van der Waals surface area contributed by atoms with E-state index in [1.807, 2.05) is 6.92 Å². The number of methoxy groups -OCH3 is 1. The lowest BCUT2D eigenvalue weighted by Gasteiger charge is -2.14. The van der Waals surface area contributed by atoms with Gasteiger partial charge in [0, 0.05) is 20.2 Å². The molecule has 0 saturated heterocycles. The molecule has 0 aliphatic heterocycles. The van der Waals surface area contributed by atoms with Gasteiger partial charge in [0.15, 0.2) is 0 Å². The highest BCUT2D eigenvalue weighted by molar-refractivity contribution is 5.46. The Balaban J connectivity index is 0. The van der Waals surface area contributed by atoms with E-state index < -0.39 is 0 Å². The van der Waals surface area contributed by atoms with Crippen LogP contribution in [-0.2, 0) is 9.53 Å². The molecule has 0 aromatic heterocycles. The first-order valence-corrected chi connectivity index (χ1v) is 4.11. The van der Waals surface area contributed by atoms with Crippen molar-refractivity contribution in [3.63, 3.8) is 0 Å². The highest BCUT2D eigenvalue weighted by Crippen LogP contribution is 1.85. The van der Waals surface area contributed by atoms with E-state index in [-0.39, 0.29) is 0 Å². The Morgan fingerprint density at radius 3 is 2.33 bits per heavy atom. The van der Waals surface area contributed by atoms with Gasteiger partial charge in [-0.15, -0.1) is 0 Å². The molecule has 0 radical (unpaired) electrons. The number of carbonyl (C=O) groups is 1. The molecule has 0 atom stereocenters. The molecule has 0 rings (SSSR count). The molecular weight excluding hydrogens is 156 g/mol. The maximum atomic E-state index is 10.3. The summed E-state index contributed by atoms with van der Waals surface area (Å²) < 4.78 is 4.82. The normalized spacial score (nSPS) is 8.33. The van der Waals surface area contributed by atoms with E-state index in [2.05, 4.69) is 5.73 Å². The van der Waals surface area contributed by atoms with Gasteiger partial charge in [-0.05, 0) is 13.5 Å². The molecule has 0 aliphatic carbocycles. The van der Waals surface area contributed by atoms with Crippen molar-refractivity contribution in [1.82, 2.24) is 4.90 Å². The molecule has 4 nitrogen and oxygen atoms in total. The van der Waals surface area contributed by atoms with E-state index in [0.717, 1.165) is 19.4 Å². The minimum Gasteiger partial charge on any atom is -0.383 e. The highest BCUT2D eigenvalue weighted by atomic mass is 16.5. The van der Waals surface area contributed by atoms with Crippen LogP contribution in [0.2, 0.25) is 0 Å². The lowest BCUT2D eigenvalue weighted by atomic mass is 10.4. The Kier molecular flexibility index (Phi) is 15.1. The molecule has 0 aromatic carbocycles. The SMILES string of the molecule is CCCN(C=O)CCOC.CN. The molecule has 4 heteroatoms. The zero-order valence-corrected chi connectivity index (χ0v) is 8.25. The molecule has 0 aliphatic rings. The van der Waals surface area contributed by atoms with Gasteiger partial charge in [0.05, 0.1) is 6.61 Å². The maximum absolute atomic E-state index is 10.3. The molecule has 2 N–H and O–H groups in total. The predicted octanol–water partition coefficient (Wildman–Crippen LogP) is 0.0761. The minimum atomic E-state index is 0.624. The van der Waals surface area contributed by atoms with Crippen molar-refractivity contribution < 1.29 is 9.53 Å². The lowest BCUT2D eigenvalue weighted by Crippen LogP contribution is -2.26. The fourth-order valence-electron chi connectivity index (χ4n) is 0.713. The Labute approximate surface area is 74.7 Å². The number of ether oxygens (including phenoxy) is 1. The summed E-state index contributed by atoms with van der Waals surface area (Å²) in [6.45, 7) is 4.20. The summed E-state index contributed by atoms with van der Waals surface area (Å²) in [5.74, 6) is 0. The van der Waals surface area contributed by atoms with Crippen LogP contribution in [0.4, 0.5) is 0 Å². The number of carbonyl (C=O) groups excluding carboxylic acids is 1. The van der Waals surface area contributed by atoms with Crippen molar-refractivity contribution in [1.29, 1.82) is 0 Å². The van der Waals surface area contributed by atoms with Crippen molar-refractivity contribution in [3.05, 3.63) is 0 Å². The lowest BCUT2D eigenvalue weighted by molar-refractivity contribution is -0.118. The van der Waals surface area contributed by atoms with Crippen LogP contribution in [-0.4, -0.2) is 45.2 Å². The first-order valence-electron chi connectivity index (χ1n) is 4.11. The quantitative estimate of drug-likeness (QED) is 0.583. The van der Waals surface area contributed by atoms with Crippen LogP contribution in [0.15, 0.2) is 0 Å². The Hall–Kier alpha value is -0.610. The highest BCUT2D eigenvalue weighted by Gasteiger charge is 1.96. The van der Waals surface area contributed by atoms with Crippen molar-refractivity contribution in [2.75, 3.05) is 33.9 Å². The Morgan fingerprint density at radius 1 is 1.42 bits per heavy atom. The van der Waals surface area contributed by atoms with Gasteiger partial charge in [0.2, 0.25) is 6.41 Å². The van der Waals surface area contributed by atoms with E-state index in [4.69, 9.17) is 4.74 Å². The van der Waals surface area contributed by atoms with E-state index in [1.165, 1.54) is 7.05 Å². The van der Waals surface area contributed by atoms with Crippen LogP contribution >= 0.6 is 0 Å². The van der Waals surface area contributed by atoms with Gasteiger partial charge in [-0.25, -0.2) is 0 Å². The summed E-state index contributed by atoms with van der Waals surface area (Å²) in [7, 11) is 3.13. The second-order valence-corrected chi connectivity index (χ2v) is 2.13. The molecular formula is C8H20N2O2. The topological polar surface area (TPSA) is 55.6 Å². The van der Waals surface area contributed by atoms with Crippen molar-refractivity contribution >= 4 is 6.41 Å². The average molecular weight is 176 g/mol. The van der Waals surface area contributed by atoms with Crippen LogP contribution in [0.5, 0.6) is 0 Å². The van der Waals surface area contributed by atoms with Gasteiger partial charge < -0.3 is 15.4 Å². The van der Waals surface area contributed by atoms with Gasteiger partial charge in [0.25, 0.3) is 0 Å². The Morgan fingerprint density at radius 2 is 2.00 bits per heavy atom. The summed E-state index contributed by atoms with van der Waals surface area (Å²) >= 11 is 0. The number of nitrogens with two attached hydrogens (primary N) is 1. The van der Waals surface area contributed by atoms with Gasteiger partial charge in [-0.3, -0.25) is 4.79 Å². The summed E-state index contributed by atoms with van der Waals surface area (Å²) in [5.41, 5.74) is 4.50. The molecule has 1 amide bonds. The van der Waals surface area contributed by atoms with Crippen LogP contribution in [0.1, 0.15) is 13.3 Å². The van der Waals surface area contributed by atoms with E-state index in [9.17, 15) is 4.79 Å². The minimum absolute atomic E-state index is 0.624. The molecule has 0 spiro atoms. The van der Waals surface area contributed by atoms with Crippen molar-refractivity contribution in [3.8, 4) is 0 Å². The molecule has 0 saturated carbocycles. The maximum Gasteiger partial charge on any atom is 0.209 e. The molecule has 0 heterocycles. The largest absolute Gasteiger partial charge is 0.383 e. The van der Waals surface area contributed by atoms with Crippen LogP contribution < -0.4 is 5.73 Å². The number of rotatable bonds is 6. The van der Waals surface area contributed by atoms with Crippen molar-refractivity contribution in [2.24, 2.45) is 5.73 Å². The smallest absolute Gasteiger partial charge is 0.209 e. The third-order valence-electron chi connectivity index (χ3n) is 1.24. The average Bonchev–Trinajstić information content (AvgIpc) is 2.15. The van der Waals surface area contributed by atoms with E-state index in [0.29, 0.717) is 13.2 Å². The van der Waals surface area contributed by atoms with Gasteiger partial charge >= 0.3 is 0 Å². The van der Waals surface area contributed by atoms with Gasteiger partial charge in [0.1, 0.15) is 0 Å². The zero-order valence-electron chi connectivity index (χ0n) is 8.25. The number of hydrogen-bond acceptors (Lipinski definition) is 3. The van der Waals surface area contributed by atoms with Crippen LogP contribution in [0.25, 0.3) is 0 Å². The predicted molar refractivity (Wildman–Crippen MR) is 49.9 cm³/mol. The third-order valence-corrected chi connectivity index (χ3v) is 1.24. The number of nitrogens with zero attached hydrogens (tertiary/aromatic N) is 1. The molecule has 0 fully saturated rings. The molecule has 0 aromatic rings. The third kappa shape index (κ3) is 9.39. The summed E-state index contributed by atoms with van der Waals surface area (Å²) in [6.07, 6.45) is 1.87. The standard InChI is InChI=1S/C7H15NO2.CH5N/c1-3-4-8(7-9)5-6-10-2;1-2/h7H,3-6H2,1-2H3;2H2,1H3. The van der Waals surface area contributed by atoms with E-state index in [1.54, 1.807) is 12.0 Å². The van der Waals surface area contributed by atoms with Crippen molar-refractivity contribution in [2.45, 2.75) is 13.3 Å². The van der Waals surface area contributed by atoms with Gasteiger partial charge in [-0.1, -0.05) is 6.92 Å². The van der Waals surface area contributed by atoms with Crippen LogP contribution in [0, 0.1) is 0 Å². The summed E-state index contributed by atoms with van der Waals surface area (Å²) in [5, 5.41) is 0. The first-order chi connectivity index (χ1) is 5.85. The summed E-state index contributed by atoms with van der Waals surface area (Å²) in [4.78, 5) is 12.0. The monoisotopic (exact) mass is 176 g/mol. The summed E-state index contributed by atoms with van der Waals surface area (Å²) in [6, 6.07) is 0. The fraction of sp³-hybridized carbons (Fsp3) is 0.875. The molecule has 0 bridgehead atoms. The first kappa shape index (κ1) is 13.9. The molecule has 74 valence electrons. The van der Waals surface area contributed by atoms with Crippen LogP contribution in [0.3, 0.4) is 0 Å². The van der Waals surface area contributed by atoms with Gasteiger partial charge in [-0.2, -0.15) is 0 Å². The Bertz CT molecular complexity index is 89.1. The molecule has 12 heavy (non-hydrogen) atoms. The second-order valence-electron chi connectivity index (χ2n) is 2.13. The zero-order chi connectivity index (χ0) is 9.82. The van der Waals surface area contributed by atoms with E-state index >= 15 is 0 Å². The second kappa shape index (κ2) is 13.0.